The van der Waals surface area contributed by atoms with Gasteiger partial charge in [-0.05, 0) is 24.3 Å². The summed E-state index contributed by atoms with van der Waals surface area (Å²) in [6.45, 7) is 0.545. The summed E-state index contributed by atoms with van der Waals surface area (Å²) in [5.41, 5.74) is 0.872. The summed E-state index contributed by atoms with van der Waals surface area (Å²) in [5, 5.41) is 4.31. The number of likely N-dealkylation sites (tertiary alicyclic amines) is 1. The molecule has 2 aromatic heterocycles. The lowest BCUT2D eigenvalue weighted by atomic mass is 10.1. The number of aromatic nitrogens is 3. The smallest absolute Gasteiger partial charge is 0.267 e. The molecule has 6 nitrogen and oxygen atoms in total. The van der Waals surface area contributed by atoms with E-state index in [1.54, 1.807) is 12.1 Å². The van der Waals surface area contributed by atoms with Gasteiger partial charge < -0.3 is 4.90 Å². The molecule has 8 heteroatoms. The largest absolute Gasteiger partial charge is 0.334 e. The Labute approximate surface area is 152 Å². The number of amides is 1. The average Bonchev–Trinajstić information content (AvgIpc) is 2.62. The van der Waals surface area contributed by atoms with Crippen molar-refractivity contribution in [3.8, 4) is 11.3 Å². The lowest BCUT2D eigenvalue weighted by Gasteiger charge is -2.39. The predicted octanol–water partition coefficient (Wildman–Crippen LogP) is 2.28. The number of pyridine rings is 1. The van der Waals surface area contributed by atoms with E-state index in [4.69, 9.17) is 0 Å². The highest BCUT2D eigenvalue weighted by Crippen LogP contribution is 2.23. The van der Waals surface area contributed by atoms with E-state index in [2.05, 4.69) is 10.1 Å². The van der Waals surface area contributed by atoms with Gasteiger partial charge in [-0.3, -0.25) is 14.6 Å². The van der Waals surface area contributed by atoms with Crippen LogP contribution >= 0.6 is 0 Å². The Hall–Kier alpha value is -3.42. The van der Waals surface area contributed by atoms with Crippen LogP contribution < -0.4 is 5.56 Å². The van der Waals surface area contributed by atoms with Crippen LogP contribution in [0.3, 0.4) is 0 Å². The number of hydrogen-bond donors (Lipinski definition) is 0. The van der Waals surface area contributed by atoms with E-state index in [-0.39, 0.29) is 36.2 Å². The lowest BCUT2D eigenvalue weighted by molar-refractivity contribution is 0.0492. The van der Waals surface area contributed by atoms with Gasteiger partial charge in [0.15, 0.2) is 0 Å². The minimum Gasteiger partial charge on any atom is -0.334 e. The van der Waals surface area contributed by atoms with E-state index in [0.717, 1.165) is 12.3 Å². The molecule has 1 aromatic carbocycles. The van der Waals surface area contributed by atoms with Crippen LogP contribution in [0.25, 0.3) is 11.3 Å². The number of halogens is 2. The van der Waals surface area contributed by atoms with Gasteiger partial charge in [0.25, 0.3) is 11.5 Å². The highest BCUT2D eigenvalue weighted by atomic mass is 19.1. The van der Waals surface area contributed by atoms with Crippen molar-refractivity contribution in [1.82, 2.24) is 19.7 Å². The van der Waals surface area contributed by atoms with E-state index in [9.17, 15) is 18.4 Å². The molecule has 0 atom stereocenters. The molecular formula is C19H14F2N4O2. The molecule has 27 heavy (non-hydrogen) atoms. The lowest BCUT2D eigenvalue weighted by Crippen LogP contribution is -2.53. The van der Waals surface area contributed by atoms with Gasteiger partial charge in [-0.1, -0.05) is 12.1 Å². The monoisotopic (exact) mass is 368 g/mol. The first-order valence-corrected chi connectivity index (χ1v) is 8.27. The molecule has 1 saturated heterocycles. The Morgan fingerprint density at radius 3 is 2.59 bits per heavy atom. The minimum atomic E-state index is -0.585. The Kier molecular flexibility index (Phi) is 4.23. The van der Waals surface area contributed by atoms with Gasteiger partial charge in [0.05, 0.1) is 23.5 Å². The third kappa shape index (κ3) is 3.33. The fourth-order valence-electron chi connectivity index (χ4n) is 2.98. The minimum absolute atomic E-state index is 0.155. The van der Waals surface area contributed by atoms with Crippen molar-refractivity contribution >= 4 is 5.91 Å². The number of rotatable bonds is 3. The summed E-state index contributed by atoms with van der Waals surface area (Å²) in [5.74, 6) is -1.33. The molecule has 3 aromatic rings. The van der Waals surface area contributed by atoms with Gasteiger partial charge in [0.1, 0.15) is 11.6 Å². The van der Waals surface area contributed by atoms with Crippen molar-refractivity contribution in [1.29, 1.82) is 0 Å². The summed E-state index contributed by atoms with van der Waals surface area (Å²) in [7, 11) is 0. The molecule has 1 amide bonds. The maximum Gasteiger partial charge on any atom is 0.267 e. The number of carbonyl (C=O) groups excluding carboxylic acids is 1. The second kappa shape index (κ2) is 6.71. The van der Waals surface area contributed by atoms with Crippen molar-refractivity contribution in [3.05, 3.63) is 82.4 Å². The van der Waals surface area contributed by atoms with Crippen LogP contribution in [0.15, 0.2) is 59.7 Å². The van der Waals surface area contributed by atoms with E-state index < -0.39 is 11.6 Å². The van der Waals surface area contributed by atoms with Crippen LogP contribution in [0.5, 0.6) is 0 Å². The normalized spacial score (nSPS) is 14.1. The zero-order chi connectivity index (χ0) is 19.0. The number of hydrogen-bond acceptors (Lipinski definition) is 4. The van der Waals surface area contributed by atoms with E-state index in [1.807, 2.05) is 0 Å². The Bertz CT molecular complexity index is 1080. The highest BCUT2D eigenvalue weighted by molar-refractivity contribution is 5.94. The zero-order valence-electron chi connectivity index (χ0n) is 14.0. The van der Waals surface area contributed by atoms with Crippen LogP contribution in [0.2, 0.25) is 0 Å². The molecule has 136 valence electrons. The predicted molar refractivity (Wildman–Crippen MR) is 93.0 cm³/mol. The van der Waals surface area contributed by atoms with Crippen molar-refractivity contribution in [3.63, 3.8) is 0 Å². The molecule has 1 aliphatic heterocycles. The second-order valence-electron chi connectivity index (χ2n) is 6.27. The summed E-state index contributed by atoms with van der Waals surface area (Å²) >= 11 is 0. The van der Waals surface area contributed by atoms with Gasteiger partial charge in [0.2, 0.25) is 0 Å². The Morgan fingerprint density at radius 1 is 1.04 bits per heavy atom. The first-order chi connectivity index (χ1) is 13.0. The fourth-order valence-corrected chi connectivity index (χ4v) is 2.98. The average molecular weight is 368 g/mol. The summed E-state index contributed by atoms with van der Waals surface area (Å²) in [4.78, 5) is 29.7. The van der Waals surface area contributed by atoms with Crippen molar-refractivity contribution in [2.24, 2.45) is 0 Å². The third-order valence-electron chi connectivity index (χ3n) is 4.39. The molecule has 0 aliphatic carbocycles. The standard InChI is InChI=1S/C19H14F2N4O2/c20-14-3-1-2-12(6-14)17-4-5-18(26)25(23-17)16-10-24(11-16)19(27)13-7-15(21)9-22-8-13/h1-9,16H,10-11H2. The maximum absolute atomic E-state index is 13.4. The van der Waals surface area contributed by atoms with Crippen LogP contribution in [0, 0.1) is 11.6 Å². The van der Waals surface area contributed by atoms with E-state index in [1.165, 1.54) is 40.0 Å². The molecule has 1 fully saturated rings. The Morgan fingerprint density at radius 2 is 1.85 bits per heavy atom. The van der Waals surface area contributed by atoms with E-state index >= 15 is 0 Å². The topological polar surface area (TPSA) is 68.1 Å². The van der Waals surface area contributed by atoms with Gasteiger partial charge in [-0.2, -0.15) is 5.10 Å². The molecule has 3 heterocycles. The second-order valence-corrected chi connectivity index (χ2v) is 6.27. The van der Waals surface area contributed by atoms with Crippen molar-refractivity contribution in [2.75, 3.05) is 13.1 Å². The number of benzene rings is 1. The number of nitrogens with zero attached hydrogens (tertiary/aromatic N) is 4. The fraction of sp³-hybridized carbons (Fsp3) is 0.158. The summed E-state index contributed by atoms with van der Waals surface area (Å²) in [6, 6.07) is 9.67. The zero-order valence-corrected chi connectivity index (χ0v) is 14.0. The third-order valence-corrected chi connectivity index (χ3v) is 4.39. The molecule has 1 aliphatic rings. The van der Waals surface area contributed by atoms with Crippen molar-refractivity contribution in [2.45, 2.75) is 6.04 Å². The molecule has 0 saturated carbocycles. The molecule has 0 N–H and O–H groups in total. The van der Waals surface area contributed by atoms with Crippen LogP contribution in [0.1, 0.15) is 16.4 Å². The number of carbonyl (C=O) groups is 1. The Balaban J connectivity index is 1.53. The van der Waals surface area contributed by atoms with Crippen LogP contribution in [-0.4, -0.2) is 38.7 Å². The van der Waals surface area contributed by atoms with Crippen LogP contribution in [-0.2, 0) is 0 Å². The molecule has 4 rings (SSSR count). The molecule has 0 bridgehead atoms. The van der Waals surface area contributed by atoms with Gasteiger partial charge >= 0.3 is 0 Å². The summed E-state index contributed by atoms with van der Waals surface area (Å²) < 4.78 is 28.0. The SMILES string of the molecule is O=C(c1cncc(F)c1)N1CC(n2nc(-c3cccc(F)c3)ccc2=O)C1. The molecule has 0 radical (unpaired) electrons. The quantitative estimate of drug-likeness (QED) is 0.711. The van der Waals surface area contributed by atoms with Gasteiger partial charge in [0, 0.05) is 30.9 Å². The maximum atomic E-state index is 13.4. The highest BCUT2D eigenvalue weighted by Gasteiger charge is 2.34. The molecule has 0 spiro atoms. The van der Waals surface area contributed by atoms with Gasteiger partial charge in [-0.25, -0.2) is 13.5 Å². The summed E-state index contributed by atoms with van der Waals surface area (Å²) in [6.07, 6.45) is 2.32. The molecule has 0 unspecified atom stereocenters. The van der Waals surface area contributed by atoms with Gasteiger partial charge in [-0.15, -0.1) is 0 Å². The first kappa shape index (κ1) is 17.0. The van der Waals surface area contributed by atoms with Crippen molar-refractivity contribution < 1.29 is 13.6 Å². The molecular weight excluding hydrogens is 354 g/mol. The van der Waals surface area contributed by atoms with E-state index in [0.29, 0.717) is 11.3 Å². The van der Waals surface area contributed by atoms with Crippen LogP contribution in [0.4, 0.5) is 8.78 Å². The first-order valence-electron chi connectivity index (χ1n) is 8.27.